The number of carbonyl (C=O) groups is 1. The van der Waals surface area contributed by atoms with E-state index >= 15 is 0 Å². The summed E-state index contributed by atoms with van der Waals surface area (Å²) in [5, 5.41) is 0.254. The molecule has 1 aliphatic rings. The van der Waals surface area contributed by atoms with E-state index in [4.69, 9.17) is 5.73 Å². The molecule has 15 heavy (non-hydrogen) atoms. The number of aliphatic imine (C=N–C) groups is 1. The van der Waals surface area contributed by atoms with E-state index in [0.717, 1.165) is 5.56 Å². The summed E-state index contributed by atoms with van der Waals surface area (Å²) in [6.45, 7) is 2.04. The van der Waals surface area contributed by atoms with Crippen molar-refractivity contribution in [3.63, 3.8) is 0 Å². The van der Waals surface area contributed by atoms with E-state index in [1.54, 1.807) is 0 Å². The molecule has 1 aliphatic heterocycles. The number of hydrogen-bond donors (Lipinski definition) is 1. The molecule has 1 amide bonds. The van der Waals surface area contributed by atoms with Crippen LogP contribution in [0.25, 0.3) is 0 Å². The van der Waals surface area contributed by atoms with Gasteiger partial charge >= 0.3 is 0 Å². The second kappa shape index (κ2) is 4.06. The molecule has 0 bridgehead atoms. The van der Waals surface area contributed by atoms with Crippen molar-refractivity contribution >= 4 is 22.8 Å². The lowest BCUT2D eigenvalue weighted by Gasteiger charge is -2.06. The zero-order chi connectivity index (χ0) is 10.8. The van der Waals surface area contributed by atoms with E-state index in [2.05, 4.69) is 11.1 Å². The maximum absolute atomic E-state index is 11.4. The third-order valence-electron chi connectivity index (χ3n) is 2.26. The van der Waals surface area contributed by atoms with Gasteiger partial charge in [0.2, 0.25) is 0 Å². The summed E-state index contributed by atoms with van der Waals surface area (Å²) in [6, 6.07) is 8.15. The monoisotopic (exact) mass is 220 g/mol. The first-order valence-electron chi connectivity index (χ1n) is 4.75. The van der Waals surface area contributed by atoms with Crippen molar-refractivity contribution in [2.24, 2.45) is 10.7 Å². The number of thioether (sulfide) groups is 1. The lowest BCUT2D eigenvalue weighted by atomic mass is 10.1. The highest BCUT2D eigenvalue weighted by Crippen LogP contribution is 2.23. The van der Waals surface area contributed by atoms with Gasteiger partial charge in [0.05, 0.1) is 5.25 Å². The van der Waals surface area contributed by atoms with Gasteiger partial charge < -0.3 is 5.73 Å². The van der Waals surface area contributed by atoms with Gasteiger partial charge in [0, 0.05) is 0 Å². The van der Waals surface area contributed by atoms with Gasteiger partial charge in [-0.2, -0.15) is 4.99 Å². The smallest absolute Gasteiger partial charge is 0.261 e. The predicted molar refractivity (Wildman–Crippen MR) is 62.9 cm³/mol. The molecule has 0 fully saturated rings. The predicted octanol–water partition coefficient (Wildman–Crippen LogP) is 1.49. The van der Waals surface area contributed by atoms with Crippen molar-refractivity contribution in [2.75, 3.05) is 0 Å². The minimum absolute atomic E-state index is 0.112. The Morgan fingerprint density at radius 3 is 2.93 bits per heavy atom. The number of hydrogen-bond acceptors (Lipinski definition) is 3. The van der Waals surface area contributed by atoms with Crippen molar-refractivity contribution < 1.29 is 4.79 Å². The Balaban J connectivity index is 2.08. The molecule has 1 aromatic carbocycles. The minimum Gasteiger partial charge on any atom is -0.378 e. The Morgan fingerprint density at radius 2 is 2.33 bits per heavy atom. The van der Waals surface area contributed by atoms with E-state index in [1.807, 2.05) is 25.1 Å². The third kappa shape index (κ3) is 2.39. The quantitative estimate of drug-likeness (QED) is 0.821. The van der Waals surface area contributed by atoms with Crippen LogP contribution in [0.4, 0.5) is 0 Å². The second-order valence-electron chi connectivity index (χ2n) is 3.59. The summed E-state index contributed by atoms with van der Waals surface area (Å²) in [7, 11) is 0. The van der Waals surface area contributed by atoms with Crippen LogP contribution < -0.4 is 5.73 Å². The number of benzene rings is 1. The van der Waals surface area contributed by atoms with Crippen molar-refractivity contribution in [1.82, 2.24) is 0 Å². The molecule has 2 N–H and O–H groups in total. The van der Waals surface area contributed by atoms with Gasteiger partial charge in [-0.15, -0.1) is 0 Å². The molecule has 1 atom stereocenters. The summed E-state index contributed by atoms with van der Waals surface area (Å²) >= 11 is 1.35. The van der Waals surface area contributed by atoms with Crippen LogP contribution in [0.15, 0.2) is 29.3 Å². The van der Waals surface area contributed by atoms with Crippen LogP contribution in [0, 0.1) is 6.92 Å². The number of nitrogens with two attached hydrogens (primary N) is 1. The molecule has 4 heteroatoms. The topological polar surface area (TPSA) is 55.4 Å². The van der Waals surface area contributed by atoms with Crippen molar-refractivity contribution in [3.05, 3.63) is 35.4 Å². The summed E-state index contributed by atoms with van der Waals surface area (Å²) in [5.74, 6) is -0.112. The van der Waals surface area contributed by atoms with Gasteiger partial charge in [-0.1, -0.05) is 41.6 Å². The molecule has 0 saturated heterocycles. The molecule has 0 radical (unpaired) electrons. The Morgan fingerprint density at radius 1 is 1.53 bits per heavy atom. The molecule has 1 aromatic rings. The summed E-state index contributed by atoms with van der Waals surface area (Å²) < 4.78 is 0. The number of carbonyl (C=O) groups excluding carboxylic acids is 1. The first-order chi connectivity index (χ1) is 7.15. The van der Waals surface area contributed by atoms with E-state index in [0.29, 0.717) is 11.6 Å². The first-order valence-corrected chi connectivity index (χ1v) is 5.63. The molecule has 0 aliphatic carbocycles. The van der Waals surface area contributed by atoms with Gasteiger partial charge in [0.15, 0.2) is 5.17 Å². The molecular formula is C11H12N2OS. The van der Waals surface area contributed by atoms with Gasteiger partial charge in [-0.05, 0) is 18.9 Å². The fourth-order valence-corrected chi connectivity index (χ4v) is 2.45. The maximum Gasteiger partial charge on any atom is 0.261 e. The Kier molecular flexibility index (Phi) is 2.77. The SMILES string of the molecule is Cc1cccc(C[C@@H]2SC(N)=NC2=O)c1. The minimum atomic E-state index is -0.133. The second-order valence-corrected chi connectivity index (χ2v) is 4.81. The van der Waals surface area contributed by atoms with Gasteiger partial charge in [-0.3, -0.25) is 4.79 Å². The Hall–Kier alpha value is -1.29. The van der Waals surface area contributed by atoms with Crippen LogP contribution in [0.5, 0.6) is 0 Å². The average molecular weight is 220 g/mol. The van der Waals surface area contributed by atoms with Gasteiger partial charge in [-0.25, -0.2) is 0 Å². The fourth-order valence-electron chi connectivity index (χ4n) is 1.59. The van der Waals surface area contributed by atoms with E-state index < -0.39 is 0 Å². The number of nitrogens with zero attached hydrogens (tertiary/aromatic N) is 1. The van der Waals surface area contributed by atoms with Crippen LogP contribution in [-0.2, 0) is 11.2 Å². The van der Waals surface area contributed by atoms with Gasteiger partial charge in [0.1, 0.15) is 0 Å². The largest absolute Gasteiger partial charge is 0.378 e. The van der Waals surface area contributed by atoms with E-state index in [-0.39, 0.29) is 11.2 Å². The standard InChI is InChI=1S/C11H12N2OS/c1-7-3-2-4-8(5-7)6-9-10(14)13-11(12)15-9/h2-5,9H,6H2,1H3,(H2,12,13,14)/t9-/m0/s1. The molecule has 3 nitrogen and oxygen atoms in total. The number of amides is 1. The number of amidine groups is 1. The van der Waals surface area contributed by atoms with Crippen LogP contribution in [-0.4, -0.2) is 16.3 Å². The highest BCUT2D eigenvalue weighted by atomic mass is 32.2. The fraction of sp³-hybridized carbons (Fsp3) is 0.273. The number of rotatable bonds is 2. The van der Waals surface area contributed by atoms with Crippen LogP contribution >= 0.6 is 11.8 Å². The Bertz CT molecular complexity index is 428. The molecule has 0 saturated carbocycles. The third-order valence-corrected chi connectivity index (χ3v) is 3.25. The summed E-state index contributed by atoms with van der Waals surface area (Å²) in [5.41, 5.74) is 7.85. The number of aryl methyl sites for hydroxylation is 1. The van der Waals surface area contributed by atoms with Crippen molar-refractivity contribution in [1.29, 1.82) is 0 Å². The van der Waals surface area contributed by atoms with Crippen LogP contribution in [0.2, 0.25) is 0 Å². The first kappa shape index (κ1) is 10.2. The molecule has 0 spiro atoms. The lowest BCUT2D eigenvalue weighted by Crippen LogP contribution is -2.14. The molecular weight excluding hydrogens is 208 g/mol. The highest BCUT2D eigenvalue weighted by molar-refractivity contribution is 8.15. The van der Waals surface area contributed by atoms with E-state index in [1.165, 1.54) is 17.3 Å². The highest BCUT2D eigenvalue weighted by Gasteiger charge is 2.26. The van der Waals surface area contributed by atoms with Crippen molar-refractivity contribution in [2.45, 2.75) is 18.6 Å². The summed E-state index contributed by atoms with van der Waals surface area (Å²) in [6.07, 6.45) is 0.704. The summed E-state index contributed by atoms with van der Waals surface area (Å²) in [4.78, 5) is 15.1. The zero-order valence-corrected chi connectivity index (χ0v) is 9.25. The van der Waals surface area contributed by atoms with Gasteiger partial charge in [0.25, 0.3) is 5.91 Å². The molecule has 0 aromatic heterocycles. The molecule has 2 rings (SSSR count). The van der Waals surface area contributed by atoms with Crippen LogP contribution in [0.1, 0.15) is 11.1 Å². The Labute approximate surface area is 92.8 Å². The lowest BCUT2D eigenvalue weighted by molar-refractivity contribution is -0.117. The molecule has 78 valence electrons. The van der Waals surface area contributed by atoms with Crippen molar-refractivity contribution in [3.8, 4) is 0 Å². The molecule has 0 unspecified atom stereocenters. The zero-order valence-electron chi connectivity index (χ0n) is 8.43. The normalized spacial score (nSPS) is 20.5. The average Bonchev–Trinajstić information content (AvgIpc) is 2.45. The maximum atomic E-state index is 11.4. The molecule has 1 heterocycles. The van der Waals surface area contributed by atoms with E-state index in [9.17, 15) is 4.79 Å². The van der Waals surface area contributed by atoms with Crippen LogP contribution in [0.3, 0.4) is 0 Å².